The molecule has 0 fully saturated rings. The molecule has 3 heteroatoms. The monoisotopic (exact) mass is 301 g/mol. The Bertz CT molecular complexity index is 547. The Kier molecular flexibility index (Phi) is 8.80. The van der Waals surface area contributed by atoms with Gasteiger partial charge in [-0.05, 0) is 38.4 Å². The fourth-order valence-electron chi connectivity index (χ4n) is 1.80. The van der Waals surface area contributed by atoms with Crippen molar-refractivity contribution in [3.05, 3.63) is 65.7 Å². The van der Waals surface area contributed by atoms with E-state index in [0.717, 1.165) is 12.3 Å². The smallest absolute Gasteiger partial charge is 0.193 e. The number of carbonyl (C=O) groups excluding carboxylic acids is 1. The fraction of sp³-hybridized carbons (Fsp3) is 0.316. The second kappa shape index (κ2) is 9.74. The van der Waals surface area contributed by atoms with Crippen LogP contribution < -0.4 is 4.74 Å². The van der Waals surface area contributed by atoms with E-state index in [0.29, 0.717) is 17.7 Å². The van der Waals surface area contributed by atoms with Crippen molar-refractivity contribution in [2.75, 3.05) is 27.2 Å². The van der Waals surface area contributed by atoms with Crippen LogP contribution in [0.1, 0.15) is 30.8 Å². The number of hydrogen-bond acceptors (Lipinski definition) is 3. The normalized spacial score (nSPS) is 9.59. The average Bonchev–Trinajstić information content (AvgIpc) is 2.48. The van der Waals surface area contributed by atoms with E-state index < -0.39 is 0 Å². The van der Waals surface area contributed by atoms with Crippen LogP contribution in [0.5, 0.6) is 5.75 Å². The Morgan fingerprint density at radius 1 is 0.909 bits per heavy atom. The molecular formula is C19H27NO2. The standard InChI is InChI=1S/C17H19NO2.2CH4/c1-18(2)12-13-20-16-10-8-15(9-11-16)17(19)14-6-4-3-5-7-14;;/h3-11H,12-13H2,1-2H3;2*1H4. The first-order valence-electron chi connectivity index (χ1n) is 6.64. The summed E-state index contributed by atoms with van der Waals surface area (Å²) in [5.74, 6) is 0.821. The van der Waals surface area contributed by atoms with E-state index in [-0.39, 0.29) is 20.6 Å². The fourth-order valence-corrected chi connectivity index (χ4v) is 1.80. The highest BCUT2D eigenvalue weighted by Crippen LogP contribution is 2.15. The largest absolute Gasteiger partial charge is 0.492 e. The van der Waals surface area contributed by atoms with Gasteiger partial charge in [0.1, 0.15) is 12.4 Å². The van der Waals surface area contributed by atoms with Crippen molar-refractivity contribution < 1.29 is 9.53 Å². The molecule has 0 spiro atoms. The van der Waals surface area contributed by atoms with E-state index >= 15 is 0 Å². The molecule has 0 amide bonds. The van der Waals surface area contributed by atoms with Crippen molar-refractivity contribution >= 4 is 5.78 Å². The van der Waals surface area contributed by atoms with Crippen LogP contribution in [0.2, 0.25) is 0 Å². The van der Waals surface area contributed by atoms with Gasteiger partial charge in [-0.3, -0.25) is 4.79 Å². The third kappa shape index (κ3) is 5.70. The molecule has 0 aliphatic rings. The van der Waals surface area contributed by atoms with Crippen molar-refractivity contribution in [2.45, 2.75) is 14.9 Å². The summed E-state index contributed by atoms with van der Waals surface area (Å²) >= 11 is 0. The first-order valence-corrected chi connectivity index (χ1v) is 6.64. The molecule has 0 unspecified atom stereocenters. The Hall–Kier alpha value is -2.13. The molecule has 0 N–H and O–H groups in total. The average molecular weight is 301 g/mol. The zero-order valence-corrected chi connectivity index (χ0v) is 11.9. The zero-order valence-electron chi connectivity index (χ0n) is 11.9. The van der Waals surface area contributed by atoms with Gasteiger partial charge in [-0.2, -0.15) is 0 Å². The molecule has 22 heavy (non-hydrogen) atoms. The van der Waals surface area contributed by atoms with Crippen LogP contribution in [0.25, 0.3) is 0 Å². The summed E-state index contributed by atoms with van der Waals surface area (Å²) in [6.45, 7) is 1.50. The Balaban J connectivity index is 0.00000220. The predicted octanol–water partition coefficient (Wildman–Crippen LogP) is 4.13. The van der Waals surface area contributed by atoms with Gasteiger partial charge in [-0.15, -0.1) is 0 Å². The maximum atomic E-state index is 12.2. The van der Waals surface area contributed by atoms with Gasteiger partial charge in [0, 0.05) is 17.7 Å². The highest BCUT2D eigenvalue weighted by atomic mass is 16.5. The van der Waals surface area contributed by atoms with Gasteiger partial charge in [-0.25, -0.2) is 0 Å². The molecule has 120 valence electrons. The van der Waals surface area contributed by atoms with Gasteiger partial charge in [-0.1, -0.05) is 45.2 Å². The van der Waals surface area contributed by atoms with Crippen molar-refractivity contribution in [3.63, 3.8) is 0 Å². The van der Waals surface area contributed by atoms with Crippen molar-refractivity contribution in [1.82, 2.24) is 4.90 Å². The topological polar surface area (TPSA) is 29.5 Å². The Morgan fingerprint density at radius 2 is 1.45 bits per heavy atom. The minimum absolute atomic E-state index is 0. The first-order chi connectivity index (χ1) is 9.66. The minimum atomic E-state index is 0. The van der Waals surface area contributed by atoms with Gasteiger partial charge < -0.3 is 9.64 Å². The maximum Gasteiger partial charge on any atom is 0.193 e. The molecule has 0 saturated carbocycles. The van der Waals surface area contributed by atoms with Gasteiger partial charge in [0.25, 0.3) is 0 Å². The van der Waals surface area contributed by atoms with E-state index in [9.17, 15) is 4.79 Å². The molecule has 3 nitrogen and oxygen atoms in total. The summed E-state index contributed by atoms with van der Waals surface area (Å²) in [6.07, 6.45) is 0. The molecule has 0 aliphatic heterocycles. The van der Waals surface area contributed by atoms with E-state index in [1.165, 1.54) is 0 Å². The summed E-state index contributed by atoms with van der Waals surface area (Å²) < 4.78 is 5.60. The molecule has 2 aromatic carbocycles. The summed E-state index contributed by atoms with van der Waals surface area (Å²) in [5, 5.41) is 0. The van der Waals surface area contributed by atoms with Gasteiger partial charge in [0.2, 0.25) is 0 Å². The van der Waals surface area contributed by atoms with Crippen molar-refractivity contribution in [2.24, 2.45) is 0 Å². The quantitative estimate of drug-likeness (QED) is 0.751. The first kappa shape index (κ1) is 19.9. The maximum absolute atomic E-state index is 12.2. The number of ketones is 1. The van der Waals surface area contributed by atoms with E-state index in [1.807, 2.05) is 56.6 Å². The van der Waals surface area contributed by atoms with Crippen LogP contribution in [0.3, 0.4) is 0 Å². The second-order valence-electron chi connectivity index (χ2n) is 4.87. The number of hydrogen-bond donors (Lipinski definition) is 0. The lowest BCUT2D eigenvalue weighted by atomic mass is 10.0. The number of ether oxygens (including phenoxy) is 1. The van der Waals surface area contributed by atoms with Gasteiger partial charge >= 0.3 is 0 Å². The van der Waals surface area contributed by atoms with Crippen LogP contribution in [-0.2, 0) is 0 Å². The molecule has 0 saturated heterocycles. The molecule has 2 aromatic rings. The molecule has 2 rings (SSSR count). The molecule has 0 aliphatic carbocycles. The number of nitrogens with zero attached hydrogens (tertiary/aromatic N) is 1. The Morgan fingerprint density at radius 3 is 2.00 bits per heavy atom. The highest BCUT2D eigenvalue weighted by Gasteiger charge is 2.08. The van der Waals surface area contributed by atoms with Crippen LogP contribution >= 0.6 is 0 Å². The summed E-state index contributed by atoms with van der Waals surface area (Å²) in [5.41, 5.74) is 1.38. The van der Waals surface area contributed by atoms with E-state index in [2.05, 4.69) is 4.90 Å². The van der Waals surface area contributed by atoms with E-state index in [4.69, 9.17) is 4.74 Å². The third-order valence-electron chi connectivity index (χ3n) is 2.96. The van der Waals surface area contributed by atoms with E-state index in [1.54, 1.807) is 12.1 Å². The molecule has 0 atom stereocenters. The van der Waals surface area contributed by atoms with Gasteiger partial charge in [0.15, 0.2) is 5.78 Å². The number of rotatable bonds is 6. The number of benzene rings is 2. The SMILES string of the molecule is C.C.CN(C)CCOc1ccc(C(=O)c2ccccc2)cc1. The van der Waals surface area contributed by atoms with Crippen LogP contribution in [0.15, 0.2) is 54.6 Å². The van der Waals surface area contributed by atoms with Crippen molar-refractivity contribution in [3.8, 4) is 5.75 Å². The molecule has 0 heterocycles. The van der Waals surface area contributed by atoms with Crippen LogP contribution in [0, 0.1) is 0 Å². The number of carbonyl (C=O) groups is 1. The van der Waals surface area contributed by atoms with Gasteiger partial charge in [0.05, 0.1) is 0 Å². The lowest BCUT2D eigenvalue weighted by Gasteiger charge is -2.11. The molecular weight excluding hydrogens is 274 g/mol. The Labute approximate surface area is 134 Å². The number of likely N-dealkylation sites (N-methyl/N-ethyl adjacent to an activating group) is 1. The molecule has 0 aromatic heterocycles. The second-order valence-corrected chi connectivity index (χ2v) is 4.87. The summed E-state index contributed by atoms with van der Waals surface area (Å²) in [4.78, 5) is 14.3. The lowest BCUT2D eigenvalue weighted by Crippen LogP contribution is -2.19. The minimum Gasteiger partial charge on any atom is -0.492 e. The predicted molar refractivity (Wildman–Crippen MR) is 93.8 cm³/mol. The zero-order chi connectivity index (χ0) is 14.4. The van der Waals surface area contributed by atoms with Crippen molar-refractivity contribution in [1.29, 1.82) is 0 Å². The summed E-state index contributed by atoms with van der Waals surface area (Å²) in [6, 6.07) is 16.6. The molecule has 0 radical (unpaired) electrons. The highest BCUT2D eigenvalue weighted by molar-refractivity contribution is 6.08. The summed E-state index contributed by atoms with van der Waals surface area (Å²) in [7, 11) is 4.01. The molecule has 0 bridgehead atoms. The lowest BCUT2D eigenvalue weighted by molar-refractivity contribution is 0.103. The third-order valence-corrected chi connectivity index (χ3v) is 2.96. The van der Waals surface area contributed by atoms with Crippen LogP contribution in [0.4, 0.5) is 0 Å². The van der Waals surface area contributed by atoms with Crippen LogP contribution in [-0.4, -0.2) is 37.9 Å².